The molecule has 0 aliphatic heterocycles. The Kier molecular flexibility index (Phi) is 4.29. The van der Waals surface area contributed by atoms with Gasteiger partial charge in [-0.2, -0.15) is 5.26 Å². The van der Waals surface area contributed by atoms with Gasteiger partial charge in [-0.25, -0.2) is 0 Å². The Hall–Kier alpha value is -2.74. The van der Waals surface area contributed by atoms with E-state index in [0.717, 1.165) is 17.0 Å². The summed E-state index contributed by atoms with van der Waals surface area (Å²) >= 11 is 0. The molecule has 0 spiro atoms. The second kappa shape index (κ2) is 6.14. The molecule has 5 heteroatoms. The fourth-order valence-electron chi connectivity index (χ4n) is 2.01. The van der Waals surface area contributed by atoms with Crippen molar-refractivity contribution in [1.82, 2.24) is 9.88 Å². The molecule has 1 amide bonds. The van der Waals surface area contributed by atoms with Gasteiger partial charge in [0.2, 0.25) is 0 Å². The van der Waals surface area contributed by atoms with Crippen LogP contribution in [0.15, 0.2) is 34.5 Å². The molecule has 0 bridgehead atoms. The van der Waals surface area contributed by atoms with Crippen molar-refractivity contribution in [3.63, 3.8) is 0 Å². The van der Waals surface area contributed by atoms with Crippen molar-refractivity contribution in [2.24, 2.45) is 7.05 Å². The van der Waals surface area contributed by atoms with Crippen LogP contribution < -0.4 is 5.32 Å². The Bertz CT molecular complexity index is 716. The lowest BCUT2D eigenvalue weighted by Gasteiger charge is -2.02. The van der Waals surface area contributed by atoms with Crippen LogP contribution in [0.1, 0.15) is 22.7 Å². The first-order chi connectivity index (χ1) is 10.0. The molecular weight excluding hydrogens is 266 g/mol. The Morgan fingerprint density at radius 2 is 2.29 bits per heavy atom. The molecule has 1 N–H and O–H groups in total. The van der Waals surface area contributed by atoms with Crippen molar-refractivity contribution >= 4 is 12.0 Å². The van der Waals surface area contributed by atoms with E-state index in [1.807, 2.05) is 37.6 Å². The molecule has 0 atom stereocenters. The lowest BCUT2D eigenvalue weighted by molar-refractivity contribution is -0.117. The number of amides is 1. The molecule has 2 heterocycles. The van der Waals surface area contributed by atoms with Crippen molar-refractivity contribution in [2.75, 3.05) is 0 Å². The molecule has 0 saturated carbocycles. The van der Waals surface area contributed by atoms with Gasteiger partial charge in [0.25, 0.3) is 5.91 Å². The number of nitrogens with one attached hydrogen (secondary N) is 1. The van der Waals surface area contributed by atoms with E-state index < -0.39 is 5.91 Å². The van der Waals surface area contributed by atoms with E-state index in [2.05, 4.69) is 5.32 Å². The van der Waals surface area contributed by atoms with Crippen molar-refractivity contribution in [2.45, 2.75) is 20.4 Å². The van der Waals surface area contributed by atoms with Gasteiger partial charge in [-0.05, 0) is 43.7 Å². The van der Waals surface area contributed by atoms with Crippen LogP contribution in [0.3, 0.4) is 0 Å². The van der Waals surface area contributed by atoms with Crippen molar-refractivity contribution in [3.05, 3.63) is 52.7 Å². The Balaban J connectivity index is 2.15. The van der Waals surface area contributed by atoms with E-state index in [1.54, 1.807) is 24.5 Å². The molecule has 0 aliphatic rings. The molecule has 5 nitrogen and oxygen atoms in total. The quantitative estimate of drug-likeness (QED) is 0.692. The van der Waals surface area contributed by atoms with Gasteiger partial charge in [-0.1, -0.05) is 0 Å². The van der Waals surface area contributed by atoms with Crippen LogP contribution in [0.25, 0.3) is 6.08 Å². The first-order valence-corrected chi connectivity index (χ1v) is 6.58. The van der Waals surface area contributed by atoms with Crippen LogP contribution in [0.4, 0.5) is 0 Å². The highest BCUT2D eigenvalue weighted by Crippen LogP contribution is 2.16. The van der Waals surface area contributed by atoms with Crippen molar-refractivity contribution < 1.29 is 9.21 Å². The summed E-state index contributed by atoms with van der Waals surface area (Å²) in [5.41, 5.74) is 3.04. The molecule has 0 saturated heterocycles. The highest BCUT2D eigenvalue weighted by atomic mass is 16.3. The monoisotopic (exact) mass is 283 g/mol. The van der Waals surface area contributed by atoms with Crippen molar-refractivity contribution in [1.29, 1.82) is 5.26 Å². The first kappa shape index (κ1) is 14.7. The van der Waals surface area contributed by atoms with Crippen LogP contribution in [0.2, 0.25) is 0 Å². The maximum Gasteiger partial charge on any atom is 0.262 e. The summed E-state index contributed by atoms with van der Waals surface area (Å²) in [6, 6.07) is 7.41. The average Bonchev–Trinajstić information content (AvgIpc) is 3.07. The number of nitrogens with zero attached hydrogens (tertiary/aromatic N) is 2. The molecule has 0 fully saturated rings. The SMILES string of the molecule is Cc1cc(/C=C(/C#N)C(=O)NCc2ccco2)c(C)n1C. The van der Waals surface area contributed by atoms with Gasteiger partial charge in [-0.3, -0.25) is 4.79 Å². The number of hydrogen-bond donors (Lipinski definition) is 1. The third-order valence-corrected chi connectivity index (χ3v) is 3.48. The summed E-state index contributed by atoms with van der Waals surface area (Å²) in [5, 5.41) is 11.8. The van der Waals surface area contributed by atoms with Crippen LogP contribution >= 0.6 is 0 Å². The number of furan rings is 1. The average molecular weight is 283 g/mol. The molecule has 0 aliphatic carbocycles. The van der Waals surface area contributed by atoms with E-state index in [9.17, 15) is 10.1 Å². The number of aryl methyl sites for hydroxylation is 1. The summed E-state index contributed by atoms with van der Waals surface area (Å²) in [4.78, 5) is 12.0. The topological polar surface area (TPSA) is 71.0 Å². The maximum absolute atomic E-state index is 12.0. The first-order valence-electron chi connectivity index (χ1n) is 6.58. The van der Waals surface area contributed by atoms with Crippen LogP contribution in [0.5, 0.6) is 0 Å². The number of carbonyl (C=O) groups is 1. The zero-order valence-corrected chi connectivity index (χ0v) is 12.3. The molecule has 2 rings (SSSR count). The minimum atomic E-state index is -0.408. The Morgan fingerprint density at radius 3 is 2.81 bits per heavy atom. The highest BCUT2D eigenvalue weighted by molar-refractivity contribution is 6.01. The summed E-state index contributed by atoms with van der Waals surface area (Å²) < 4.78 is 7.15. The number of hydrogen-bond acceptors (Lipinski definition) is 3. The van der Waals surface area contributed by atoms with Crippen LogP contribution in [-0.2, 0) is 18.4 Å². The van der Waals surface area contributed by atoms with Gasteiger partial charge in [0.05, 0.1) is 12.8 Å². The van der Waals surface area contributed by atoms with E-state index in [0.29, 0.717) is 5.76 Å². The van der Waals surface area contributed by atoms with Gasteiger partial charge >= 0.3 is 0 Å². The van der Waals surface area contributed by atoms with Gasteiger partial charge < -0.3 is 14.3 Å². The van der Waals surface area contributed by atoms with E-state index in [-0.39, 0.29) is 12.1 Å². The predicted molar refractivity (Wildman–Crippen MR) is 79.0 cm³/mol. The molecule has 2 aromatic rings. The zero-order chi connectivity index (χ0) is 15.4. The smallest absolute Gasteiger partial charge is 0.262 e. The normalized spacial score (nSPS) is 11.2. The molecular formula is C16H17N3O2. The lowest BCUT2D eigenvalue weighted by Crippen LogP contribution is -2.23. The summed E-state index contributed by atoms with van der Waals surface area (Å²) in [5.74, 6) is 0.238. The number of nitriles is 1. The van der Waals surface area contributed by atoms with Gasteiger partial charge in [0.15, 0.2) is 0 Å². The highest BCUT2D eigenvalue weighted by Gasteiger charge is 2.12. The molecule has 21 heavy (non-hydrogen) atoms. The van der Waals surface area contributed by atoms with Gasteiger partial charge in [-0.15, -0.1) is 0 Å². The van der Waals surface area contributed by atoms with Crippen LogP contribution in [-0.4, -0.2) is 10.5 Å². The lowest BCUT2D eigenvalue weighted by atomic mass is 10.1. The summed E-state index contributed by atoms with van der Waals surface area (Å²) in [6.07, 6.45) is 3.15. The van der Waals surface area contributed by atoms with Gasteiger partial charge in [0.1, 0.15) is 17.4 Å². The summed E-state index contributed by atoms with van der Waals surface area (Å²) in [7, 11) is 1.95. The predicted octanol–water partition coefficient (Wildman–Crippen LogP) is 2.46. The Morgan fingerprint density at radius 1 is 1.52 bits per heavy atom. The third kappa shape index (κ3) is 3.23. The van der Waals surface area contributed by atoms with E-state index in [1.165, 1.54) is 0 Å². The maximum atomic E-state index is 12.0. The van der Waals surface area contributed by atoms with Gasteiger partial charge in [0, 0.05) is 18.4 Å². The minimum absolute atomic E-state index is 0.0789. The fourth-order valence-corrected chi connectivity index (χ4v) is 2.01. The molecule has 0 unspecified atom stereocenters. The Labute approximate surface area is 123 Å². The molecule has 2 aromatic heterocycles. The standard InChI is InChI=1S/C16H17N3O2/c1-11-7-13(12(2)19(11)3)8-14(9-17)16(20)18-10-15-5-4-6-21-15/h4-8H,10H2,1-3H3,(H,18,20)/b14-8-. The number of aromatic nitrogens is 1. The second-order valence-corrected chi connectivity index (χ2v) is 4.82. The number of carbonyl (C=O) groups excluding carboxylic acids is 1. The second-order valence-electron chi connectivity index (χ2n) is 4.82. The molecule has 0 aromatic carbocycles. The van der Waals surface area contributed by atoms with Crippen molar-refractivity contribution in [3.8, 4) is 6.07 Å². The zero-order valence-electron chi connectivity index (χ0n) is 12.3. The third-order valence-electron chi connectivity index (χ3n) is 3.48. The minimum Gasteiger partial charge on any atom is -0.467 e. The number of rotatable bonds is 4. The fraction of sp³-hybridized carbons (Fsp3) is 0.250. The van der Waals surface area contributed by atoms with Crippen LogP contribution in [0, 0.1) is 25.2 Å². The molecule has 0 radical (unpaired) electrons. The van der Waals surface area contributed by atoms with E-state index >= 15 is 0 Å². The summed E-state index contributed by atoms with van der Waals surface area (Å²) in [6.45, 7) is 4.19. The molecule has 108 valence electrons. The van der Waals surface area contributed by atoms with E-state index in [4.69, 9.17) is 4.42 Å². The largest absolute Gasteiger partial charge is 0.467 e.